The van der Waals surface area contributed by atoms with Gasteiger partial charge in [0, 0.05) is 0 Å². The molecule has 2 fully saturated rings. The number of rotatable bonds is 1. The van der Waals surface area contributed by atoms with Crippen molar-refractivity contribution in [2.45, 2.75) is 50.5 Å². The summed E-state index contributed by atoms with van der Waals surface area (Å²) in [5.41, 5.74) is 0.705. The molecule has 2 rings (SSSR count). The van der Waals surface area contributed by atoms with Gasteiger partial charge >= 0.3 is 0 Å². The molecule has 1 N–H and O–H groups in total. The molecule has 0 saturated heterocycles. The molecule has 2 aliphatic rings. The second kappa shape index (κ2) is 2.58. The number of fused-ring (bicyclic) bond motifs is 2. The molecule has 2 aliphatic carbocycles. The van der Waals surface area contributed by atoms with Crippen molar-refractivity contribution < 1.29 is 5.11 Å². The number of hydrogen-bond acceptors (Lipinski definition) is 1. The van der Waals surface area contributed by atoms with E-state index < -0.39 is 8.07 Å². The van der Waals surface area contributed by atoms with Gasteiger partial charge in [-0.1, -0.05) is 19.6 Å². The summed E-state index contributed by atoms with van der Waals surface area (Å²) in [6.45, 7) is 7.21. The SMILES string of the molecule is C[Si](C)(C)[C@H]1[C@@H]2CC[C@@H](C2)[C@@H]1O. The molecule has 0 unspecified atom stereocenters. The Morgan fingerprint density at radius 2 is 1.67 bits per heavy atom. The van der Waals surface area contributed by atoms with E-state index in [0.717, 1.165) is 5.92 Å². The normalized spacial score (nSPS) is 47.0. The summed E-state index contributed by atoms with van der Waals surface area (Å²) in [6.07, 6.45) is 4.09. The topological polar surface area (TPSA) is 20.2 Å². The second-order valence-corrected chi connectivity index (χ2v) is 11.1. The Morgan fingerprint density at radius 3 is 2.00 bits per heavy atom. The Balaban J connectivity index is 2.17. The Morgan fingerprint density at radius 1 is 1.08 bits per heavy atom. The van der Waals surface area contributed by atoms with Crippen LogP contribution in [0.2, 0.25) is 25.2 Å². The lowest BCUT2D eigenvalue weighted by Gasteiger charge is -2.36. The van der Waals surface area contributed by atoms with E-state index in [1.54, 1.807) is 0 Å². The fraction of sp³-hybridized carbons (Fsp3) is 1.00. The Hall–Kier alpha value is 0.177. The van der Waals surface area contributed by atoms with Crippen molar-refractivity contribution in [1.82, 2.24) is 0 Å². The predicted octanol–water partition coefficient (Wildman–Crippen LogP) is 2.49. The molecule has 0 spiro atoms. The fourth-order valence-electron chi connectivity index (χ4n) is 3.48. The first-order valence-corrected chi connectivity index (χ1v) is 8.76. The number of aliphatic hydroxyl groups excluding tert-OH is 1. The van der Waals surface area contributed by atoms with Crippen LogP contribution < -0.4 is 0 Å². The van der Waals surface area contributed by atoms with Crippen molar-refractivity contribution in [2.75, 3.05) is 0 Å². The molecule has 1 nitrogen and oxygen atoms in total. The van der Waals surface area contributed by atoms with Gasteiger partial charge in [0.1, 0.15) is 0 Å². The lowest BCUT2D eigenvalue weighted by atomic mass is 9.97. The van der Waals surface area contributed by atoms with Crippen LogP contribution in [0.15, 0.2) is 0 Å². The van der Waals surface area contributed by atoms with Crippen molar-refractivity contribution in [3.63, 3.8) is 0 Å². The Bertz CT molecular complexity index is 183. The van der Waals surface area contributed by atoms with Crippen molar-refractivity contribution in [3.8, 4) is 0 Å². The third-order valence-corrected chi connectivity index (χ3v) is 6.69. The summed E-state index contributed by atoms with van der Waals surface area (Å²) in [4.78, 5) is 0. The molecule has 0 aromatic heterocycles. The smallest absolute Gasteiger partial charge is 0.0575 e. The van der Waals surface area contributed by atoms with E-state index >= 15 is 0 Å². The molecule has 4 atom stereocenters. The van der Waals surface area contributed by atoms with Crippen molar-refractivity contribution in [2.24, 2.45) is 11.8 Å². The first kappa shape index (κ1) is 8.76. The average Bonchev–Trinajstić information content (AvgIpc) is 2.42. The molecule has 2 bridgehead atoms. The average molecular weight is 184 g/mol. The Kier molecular flexibility index (Phi) is 1.88. The first-order valence-electron chi connectivity index (χ1n) is 5.18. The van der Waals surface area contributed by atoms with E-state index in [4.69, 9.17) is 0 Å². The minimum atomic E-state index is -1.09. The third kappa shape index (κ3) is 1.16. The molecule has 12 heavy (non-hydrogen) atoms. The quantitative estimate of drug-likeness (QED) is 0.621. The number of aliphatic hydroxyl groups is 1. The third-order valence-electron chi connectivity index (χ3n) is 3.87. The highest BCUT2D eigenvalue weighted by atomic mass is 28.3. The van der Waals surface area contributed by atoms with E-state index in [9.17, 15) is 5.11 Å². The van der Waals surface area contributed by atoms with Crippen LogP contribution in [0.5, 0.6) is 0 Å². The molecule has 0 heterocycles. The second-order valence-electron chi connectivity index (χ2n) is 5.72. The largest absolute Gasteiger partial charge is 0.393 e. The summed E-state index contributed by atoms with van der Waals surface area (Å²) in [5, 5.41) is 10.0. The zero-order valence-corrected chi connectivity index (χ0v) is 9.38. The van der Waals surface area contributed by atoms with Gasteiger partial charge in [-0.3, -0.25) is 0 Å². The van der Waals surface area contributed by atoms with Crippen molar-refractivity contribution >= 4 is 8.07 Å². The van der Waals surface area contributed by atoms with Crippen LogP contribution in [0.4, 0.5) is 0 Å². The standard InChI is InChI=1S/C10H20OSi/c1-12(2,3)10-8-5-4-7(6-8)9(10)11/h7-11H,4-6H2,1-3H3/t7-,8+,9-,10-/m0/s1. The van der Waals surface area contributed by atoms with Crippen molar-refractivity contribution in [1.29, 1.82) is 0 Å². The maximum Gasteiger partial charge on any atom is 0.0575 e. The molecule has 0 radical (unpaired) electrons. The van der Waals surface area contributed by atoms with E-state index in [1.807, 2.05) is 0 Å². The lowest BCUT2D eigenvalue weighted by molar-refractivity contribution is 0.111. The molecular formula is C10H20OSi. The van der Waals surface area contributed by atoms with Gasteiger partial charge < -0.3 is 5.11 Å². The maximum atomic E-state index is 10.0. The molecule has 0 aromatic carbocycles. The molecule has 0 aliphatic heterocycles. The van der Waals surface area contributed by atoms with Crippen LogP contribution in [0.1, 0.15) is 19.3 Å². The summed E-state index contributed by atoms with van der Waals surface area (Å²) >= 11 is 0. The zero-order chi connectivity index (χ0) is 8.93. The van der Waals surface area contributed by atoms with Gasteiger partial charge in [-0.15, -0.1) is 0 Å². The van der Waals surface area contributed by atoms with Gasteiger partial charge in [0.2, 0.25) is 0 Å². The Labute approximate surface area is 76.2 Å². The van der Waals surface area contributed by atoms with Gasteiger partial charge in [0.25, 0.3) is 0 Å². The van der Waals surface area contributed by atoms with E-state index in [0.29, 0.717) is 11.5 Å². The van der Waals surface area contributed by atoms with Crippen LogP contribution in [0.25, 0.3) is 0 Å². The maximum absolute atomic E-state index is 10.0. The first-order chi connectivity index (χ1) is 5.50. The summed E-state index contributed by atoms with van der Waals surface area (Å²) in [5.74, 6) is 1.56. The highest BCUT2D eigenvalue weighted by molar-refractivity contribution is 6.77. The summed E-state index contributed by atoms with van der Waals surface area (Å²) in [7, 11) is -1.09. The molecule has 2 saturated carbocycles. The van der Waals surface area contributed by atoms with E-state index in [-0.39, 0.29) is 6.10 Å². The van der Waals surface area contributed by atoms with Gasteiger partial charge in [-0.05, 0) is 36.6 Å². The van der Waals surface area contributed by atoms with Gasteiger partial charge in [0.05, 0.1) is 14.2 Å². The minimum absolute atomic E-state index is 0.0652. The van der Waals surface area contributed by atoms with Crippen LogP contribution in [0, 0.1) is 11.8 Å². The molecule has 70 valence electrons. The van der Waals surface area contributed by atoms with Crippen LogP contribution in [0.3, 0.4) is 0 Å². The van der Waals surface area contributed by atoms with Gasteiger partial charge in [0.15, 0.2) is 0 Å². The van der Waals surface area contributed by atoms with Crippen LogP contribution >= 0.6 is 0 Å². The molecule has 0 aromatic rings. The van der Waals surface area contributed by atoms with Crippen molar-refractivity contribution in [3.05, 3.63) is 0 Å². The summed E-state index contributed by atoms with van der Waals surface area (Å²) in [6, 6.07) is 0. The number of hydrogen-bond donors (Lipinski definition) is 1. The summed E-state index contributed by atoms with van der Waals surface area (Å²) < 4.78 is 0. The van der Waals surface area contributed by atoms with Crippen LogP contribution in [-0.2, 0) is 0 Å². The fourth-order valence-corrected chi connectivity index (χ4v) is 6.49. The molecule has 0 amide bonds. The highest BCUT2D eigenvalue weighted by Crippen LogP contribution is 2.55. The minimum Gasteiger partial charge on any atom is -0.393 e. The van der Waals surface area contributed by atoms with Gasteiger partial charge in [-0.25, -0.2) is 0 Å². The van der Waals surface area contributed by atoms with Gasteiger partial charge in [-0.2, -0.15) is 0 Å². The monoisotopic (exact) mass is 184 g/mol. The zero-order valence-electron chi connectivity index (χ0n) is 8.38. The van der Waals surface area contributed by atoms with Crippen LogP contribution in [-0.4, -0.2) is 19.3 Å². The van der Waals surface area contributed by atoms with E-state index in [2.05, 4.69) is 19.6 Å². The molecular weight excluding hydrogens is 164 g/mol. The van der Waals surface area contributed by atoms with E-state index in [1.165, 1.54) is 19.3 Å². The lowest BCUT2D eigenvalue weighted by Crippen LogP contribution is -2.39. The predicted molar refractivity (Wildman–Crippen MR) is 53.9 cm³/mol. The molecule has 2 heteroatoms. The highest BCUT2D eigenvalue weighted by Gasteiger charge is 2.51.